The Morgan fingerprint density at radius 2 is 2.00 bits per heavy atom. The third-order valence-electron chi connectivity index (χ3n) is 2.35. The van der Waals surface area contributed by atoms with E-state index in [1.807, 2.05) is 25.2 Å². The Balaban J connectivity index is 2.26. The van der Waals surface area contributed by atoms with Crippen molar-refractivity contribution in [2.75, 3.05) is 13.2 Å². The lowest BCUT2D eigenvalue weighted by Crippen LogP contribution is -2.40. The number of nitrogens with one attached hydrogen (secondary N) is 2. The highest BCUT2D eigenvalue weighted by atomic mass is 32.1. The molecular weight excluding hydrogens is 284 g/mol. The summed E-state index contributed by atoms with van der Waals surface area (Å²) in [7, 11) is 0. The van der Waals surface area contributed by atoms with Crippen LogP contribution in [0.3, 0.4) is 0 Å². The Morgan fingerprint density at radius 1 is 1.30 bits per heavy atom. The van der Waals surface area contributed by atoms with Crippen LogP contribution in [0.5, 0.6) is 0 Å². The first-order chi connectivity index (χ1) is 9.38. The average Bonchev–Trinajstić information content (AvgIpc) is 2.66. The van der Waals surface area contributed by atoms with Crippen molar-refractivity contribution in [2.45, 2.75) is 20.4 Å². The fourth-order valence-electron chi connectivity index (χ4n) is 1.34. The molecule has 20 heavy (non-hydrogen) atoms. The summed E-state index contributed by atoms with van der Waals surface area (Å²) in [5, 5.41) is 12.9. The molecule has 0 unspecified atom stereocenters. The lowest BCUT2D eigenvalue weighted by Gasteiger charge is -2.05. The number of thiophene rings is 1. The number of hydrogen-bond acceptors (Lipinski definition) is 5. The molecule has 0 radical (unpaired) electrons. The minimum Gasteiger partial charge on any atom is -0.480 e. The summed E-state index contributed by atoms with van der Waals surface area (Å²) < 4.78 is 4.55. The van der Waals surface area contributed by atoms with Gasteiger partial charge in [-0.25, -0.2) is 9.59 Å². The van der Waals surface area contributed by atoms with Crippen molar-refractivity contribution in [2.24, 2.45) is 0 Å². The molecule has 0 bridgehead atoms. The predicted octanol–water partition coefficient (Wildman–Crippen LogP) is 0.792. The standard InChI is InChI=1S/C12H16N2O5S/c1-7-3-9(20-8(7)2)4-13-12(18)14-10(15)5-19-6-11(16)17/h3H,4-6H2,1-2H3,(H,16,17)(H2,13,14,15,18). The Kier molecular flexibility index (Phi) is 6.13. The first-order valence-corrected chi connectivity index (χ1v) is 6.63. The van der Waals surface area contributed by atoms with E-state index in [4.69, 9.17) is 5.11 Å². The summed E-state index contributed by atoms with van der Waals surface area (Å²) in [5.41, 5.74) is 1.16. The Bertz CT molecular complexity index is 492. The molecule has 0 aliphatic heterocycles. The Labute approximate surface area is 119 Å². The maximum atomic E-state index is 11.4. The molecule has 1 aromatic heterocycles. The van der Waals surface area contributed by atoms with Crippen LogP contribution >= 0.6 is 11.3 Å². The summed E-state index contributed by atoms with van der Waals surface area (Å²) in [5.74, 6) is -1.87. The van der Waals surface area contributed by atoms with Crippen LogP contribution in [0.25, 0.3) is 0 Å². The van der Waals surface area contributed by atoms with Crippen LogP contribution in [0, 0.1) is 13.8 Å². The quantitative estimate of drug-likeness (QED) is 0.720. The topological polar surface area (TPSA) is 105 Å². The molecule has 1 heterocycles. The molecule has 0 fully saturated rings. The number of imide groups is 1. The van der Waals surface area contributed by atoms with E-state index in [-0.39, 0.29) is 0 Å². The van der Waals surface area contributed by atoms with Gasteiger partial charge in [0.1, 0.15) is 13.2 Å². The van der Waals surface area contributed by atoms with Crippen molar-refractivity contribution in [1.82, 2.24) is 10.6 Å². The zero-order valence-corrected chi connectivity index (χ0v) is 12.0. The van der Waals surface area contributed by atoms with Gasteiger partial charge in [-0.3, -0.25) is 10.1 Å². The van der Waals surface area contributed by atoms with Crippen LogP contribution in [0.4, 0.5) is 4.79 Å². The van der Waals surface area contributed by atoms with Crippen LogP contribution < -0.4 is 10.6 Å². The molecule has 0 atom stereocenters. The maximum absolute atomic E-state index is 11.4. The number of carbonyl (C=O) groups excluding carboxylic acids is 2. The van der Waals surface area contributed by atoms with Crippen molar-refractivity contribution in [3.63, 3.8) is 0 Å². The fourth-order valence-corrected chi connectivity index (χ4v) is 2.34. The molecule has 0 aromatic carbocycles. The second-order valence-electron chi connectivity index (χ2n) is 4.07. The van der Waals surface area contributed by atoms with Gasteiger partial charge in [-0.15, -0.1) is 11.3 Å². The van der Waals surface area contributed by atoms with Crippen molar-refractivity contribution in [3.8, 4) is 0 Å². The third kappa shape index (κ3) is 5.81. The number of rotatable bonds is 6. The van der Waals surface area contributed by atoms with Gasteiger partial charge in [0.15, 0.2) is 0 Å². The first kappa shape index (κ1) is 16.1. The molecule has 0 saturated carbocycles. The monoisotopic (exact) mass is 300 g/mol. The van der Waals surface area contributed by atoms with Crippen molar-refractivity contribution < 1.29 is 24.2 Å². The largest absolute Gasteiger partial charge is 0.480 e. The molecule has 0 spiro atoms. The van der Waals surface area contributed by atoms with Gasteiger partial charge in [-0.1, -0.05) is 0 Å². The second kappa shape index (κ2) is 7.61. The molecule has 3 N–H and O–H groups in total. The molecule has 110 valence electrons. The van der Waals surface area contributed by atoms with E-state index in [1.165, 1.54) is 4.88 Å². The summed E-state index contributed by atoms with van der Waals surface area (Å²) in [6, 6.07) is 1.33. The van der Waals surface area contributed by atoms with Crippen LogP contribution in [0.1, 0.15) is 15.3 Å². The number of aliphatic carboxylic acids is 1. The lowest BCUT2D eigenvalue weighted by molar-refractivity contribution is -0.143. The number of carboxylic acids is 1. The molecule has 3 amide bonds. The highest BCUT2D eigenvalue weighted by Gasteiger charge is 2.09. The number of aryl methyl sites for hydroxylation is 2. The zero-order chi connectivity index (χ0) is 15.1. The van der Waals surface area contributed by atoms with Crippen molar-refractivity contribution in [3.05, 3.63) is 21.4 Å². The van der Waals surface area contributed by atoms with Crippen molar-refractivity contribution in [1.29, 1.82) is 0 Å². The summed E-state index contributed by atoms with van der Waals surface area (Å²) >= 11 is 1.57. The molecule has 0 saturated heterocycles. The van der Waals surface area contributed by atoms with Gasteiger partial charge in [0.2, 0.25) is 0 Å². The molecule has 8 heteroatoms. The van der Waals surface area contributed by atoms with Crippen LogP contribution in [-0.2, 0) is 20.9 Å². The van der Waals surface area contributed by atoms with E-state index in [2.05, 4.69) is 10.1 Å². The molecule has 1 rings (SSSR count). The second-order valence-corrected chi connectivity index (χ2v) is 5.41. The van der Waals surface area contributed by atoms with E-state index >= 15 is 0 Å². The highest BCUT2D eigenvalue weighted by molar-refractivity contribution is 7.12. The smallest absolute Gasteiger partial charge is 0.329 e. The maximum Gasteiger partial charge on any atom is 0.329 e. The van der Waals surface area contributed by atoms with Gasteiger partial charge in [-0.05, 0) is 25.5 Å². The first-order valence-electron chi connectivity index (χ1n) is 5.81. The Morgan fingerprint density at radius 3 is 2.55 bits per heavy atom. The van der Waals surface area contributed by atoms with Gasteiger partial charge >= 0.3 is 12.0 Å². The number of urea groups is 1. The predicted molar refractivity (Wildman–Crippen MR) is 72.6 cm³/mol. The average molecular weight is 300 g/mol. The third-order valence-corrected chi connectivity index (χ3v) is 3.50. The van der Waals surface area contributed by atoms with Gasteiger partial charge < -0.3 is 15.2 Å². The summed E-state index contributed by atoms with van der Waals surface area (Å²) in [6.45, 7) is 3.25. The van der Waals surface area contributed by atoms with Gasteiger partial charge in [-0.2, -0.15) is 0 Å². The van der Waals surface area contributed by atoms with Gasteiger partial charge in [0.25, 0.3) is 5.91 Å². The number of amides is 3. The van der Waals surface area contributed by atoms with E-state index in [0.29, 0.717) is 6.54 Å². The van der Waals surface area contributed by atoms with Gasteiger partial charge in [0.05, 0.1) is 6.54 Å². The summed E-state index contributed by atoms with van der Waals surface area (Å²) in [4.78, 5) is 35.0. The van der Waals surface area contributed by atoms with Crippen LogP contribution in [0.2, 0.25) is 0 Å². The summed E-state index contributed by atoms with van der Waals surface area (Å²) in [6.07, 6.45) is 0. The fraction of sp³-hybridized carbons (Fsp3) is 0.417. The number of ether oxygens (including phenoxy) is 1. The Hall–Kier alpha value is -1.93. The van der Waals surface area contributed by atoms with E-state index in [9.17, 15) is 14.4 Å². The molecule has 7 nitrogen and oxygen atoms in total. The molecule has 0 aliphatic carbocycles. The van der Waals surface area contributed by atoms with E-state index < -0.39 is 31.1 Å². The minimum atomic E-state index is -1.18. The SMILES string of the molecule is Cc1cc(CNC(=O)NC(=O)COCC(=O)O)sc1C. The molecular formula is C12H16N2O5S. The van der Waals surface area contributed by atoms with Crippen LogP contribution in [-0.4, -0.2) is 36.2 Å². The van der Waals surface area contributed by atoms with E-state index in [0.717, 1.165) is 10.4 Å². The van der Waals surface area contributed by atoms with E-state index in [1.54, 1.807) is 11.3 Å². The number of hydrogen-bond donors (Lipinski definition) is 3. The van der Waals surface area contributed by atoms with Gasteiger partial charge in [0, 0.05) is 9.75 Å². The lowest BCUT2D eigenvalue weighted by atomic mass is 10.3. The van der Waals surface area contributed by atoms with Crippen LogP contribution in [0.15, 0.2) is 6.07 Å². The highest BCUT2D eigenvalue weighted by Crippen LogP contribution is 2.20. The van der Waals surface area contributed by atoms with Crippen molar-refractivity contribution >= 4 is 29.2 Å². The molecule has 1 aromatic rings. The number of carbonyl (C=O) groups is 3. The number of carboxylic acid groups (broad SMARTS) is 1. The zero-order valence-electron chi connectivity index (χ0n) is 11.2. The minimum absolute atomic E-state index is 0.328. The molecule has 0 aliphatic rings. The normalized spacial score (nSPS) is 10.1.